The highest BCUT2D eigenvalue weighted by molar-refractivity contribution is 5.87. The Morgan fingerprint density at radius 2 is 1.98 bits per heavy atom. The number of hydrogen-bond acceptors (Lipinski definition) is 11. The van der Waals surface area contributed by atoms with Crippen molar-refractivity contribution in [1.29, 1.82) is 5.26 Å². The van der Waals surface area contributed by atoms with Gasteiger partial charge >= 0.3 is 6.01 Å². The highest BCUT2D eigenvalue weighted by atomic mass is 16.5. The van der Waals surface area contributed by atoms with Gasteiger partial charge in [0.1, 0.15) is 23.7 Å². The molecule has 0 radical (unpaired) electrons. The van der Waals surface area contributed by atoms with Crippen LogP contribution in [0.3, 0.4) is 0 Å². The minimum Gasteiger partial charge on any atom is -0.459 e. The molecule has 246 valence electrons. The third kappa shape index (κ3) is 6.25. The summed E-state index contributed by atoms with van der Waals surface area (Å²) in [5.41, 5.74) is 8.84. The average molecular weight is 630 g/mol. The number of allylic oxidation sites excluding steroid dienone is 4. The minimum atomic E-state index is -0.686. The summed E-state index contributed by atoms with van der Waals surface area (Å²) in [7, 11) is 2.11. The van der Waals surface area contributed by atoms with Crippen LogP contribution in [-0.2, 0) is 10.2 Å². The highest BCUT2D eigenvalue weighted by Crippen LogP contribution is 2.46. The van der Waals surface area contributed by atoms with Gasteiger partial charge in [-0.3, -0.25) is 9.69 Å². The highest BCUT2D eigenvalue weighted by Gasteiger charge is 2.42. The van der Waals surface area contributed by atoms with Crippen LogP contribution < -0.4 is 15.4 Å². The van der Waals surface area contributed by atoms with Gasteiger partial charge in [-0.15, -0.1) is 0 Å². The summed E-state index contributed by atoms with van der Waals surface area (Å²) in [6, 6.07) is 4.54. The van der Waals surface area contributed by atoms with Crippen LogP contribution in [0.5, 0.6) is 6.01 Å². The zero-order valence-corrected chi connectivity index (χ0v) is 28.2. The van der Waals surface area contributed by atoms with Gasteiger partial charge in [0.2, 0.25) is 17.6 Å². The maximum absolute atomic E-state index is 12.6. The summed E-state index contributed by atoms with van der Waals surface area (Å²) >= 11 is 0. The predicted molar refractivity (Wildman–Crippen MR) is 176 cm³/mol. The Hall–Kier alpha value is -4.24. The Morgan fingerprint density at radius 1 is 1.26 bits per heavy atom. The van der Waals surface area contributed by atoms with Crippen LogP contribution in [0.25, 0.3) is 11.5 Å². The summed E-state index contributed by atoms with van der Waals surface area (Å²) in [5, 5.41) is 14.4. The van der Waals surface area contributed by atoms with Crippen molar-refractivity contribution < 1.29 is 14.1 Å². The Labute approximate surface area is 272 Å². The molecular weight excluding hydrogens is 582 g/mol. The maximum Gasteiger partial charge on any atom is 0.319 e. The van der Waals surface area contributed by atoms with E-state index in [1.807, 2.05) is 38.7 Å². The SMILES string of the molecule is C=CC(=O)N1[C@H](C)CN(c2cc(-c3noc([C@@]4(C)CCCC(C)=C4/C(C#N)=C(\C)N)n3)nc(O[C@@H](C)[C@@H]3CCCN3C)n2)C[C@H]1C. The first-order valence-corrected chi connectivity index (χ1v) is 16.2. The number of nitrogens with two attached hydrogens (primary N) is 1. The van der Waals surface area contributed by atoms with E-state index in [2.05, 4.69) is 41.6 Å². The van der Waals surface area contributed by atoms with Crippen molar-refractivity contribution in [2.24, 2.45) is 5.73 Å². The summed E-state index contributed by atoms with van der Waals surface area (Å²) in [6.45, 7) is 17.8. The van der Waals surface area contributed by atoms with E-state index >= 15 is 0 Å². The van der Waals surface area contributed by atoms with E-state index in [1.54, 1.807) is 6.92 Å². The molecule has 2 saturated heterocycles. The van der Waals surface area contributed by atoms with Crippen LogP contribution in [-0.4, -0.2) is 86.7 Å². The van der Waals surface area contributed by atoms with Gasteiger partial charge in [0.05, 0.1) is 11.0 Å². The smallest absolute Gasteiger partial charge is 0.319 e. The number of carbonyl (C=O) groups is 1. The first kappa shape index (κ1) is 33.1. The molecule has 4 heterocycles. The van der Waals surface area contributed by atoms with Gasteiger partial charge in [-0.2, -0.15) is 20.2 Å². The number of rotatable bonds is 8. The number of nitriles is 1. The Balaban J connectivity index is 1.54. The van der Waals surface area contributed by atoms with Gasteiger partial charge < -0.3 is 24.8 Å². The number of amides is 1. The molecule has 12 nitrogen and oxygen atoms in total. The zero-order valence-electron chi connectivity index (χ0n) is 28.2. The van der Waals surface area contributed by atoms with Crippen molar-refractivity contribution in [2.45, 2.75) is 103 Å². The number of anilines is 1. The molecule has 2 aliphatic heterocycles. The lowest BCUT2D eigenvalue weighted by Crippen LogP contribution is -2.58. The normalized spacial score (nSPS) is 26.9. The summed E-state index contributed by atoms with van der Waals surface area (Å²) in [5.74, 6) is 1.30. The zero-order chi connectivity index (χ0) is 33.3. The molecule has 2 aromatic rings. The molecule has 0 aromatic carbocycles. The second-order valence-corrected chi connectivity index (χ2v) is 13.4. The number of hydrogen-bond donors (Lipinski definition) is 1. The fraction of sp³-hybridized carbons (Fsp3) is 0.588. The molecule has 2 fully saturated rings. The third-order valence-corrected chi connectivity index (χ3v) is 9.86. The predicted octanol–water partition coefficient (Wildman–Crippen LogP) is 4.51. The molecule has 12 heteroatoms. The lowest BCUT2D eigenvalue weighted by atomic mass is 9.68. The molecule has 3 aliphatic rings. The molecule has 46 heavy (non-hydrogen) atoms. The molecule has 0 bridgehead atoms. The van der Waals surface area contributed by atoms with Crippen LogP contribution in [0.15, 0.2) is 45.7 Å². The van der Waals surface area contributed by atoms with Crippen molar-refractivity contribution in [1.82, 2.24) is 29.9 Å². The van der Waals surface area contributed by atoms with Gasteiger partial charge in [-0.25, -0.2) is 0 Å². The van der Waals surface area contributed by atoms with Gasteiger partial charge in [0.15, 0.2) is 0 Å². The Bertz CT molecular complexity index is 1570. The van der Waals surface area contributed by atoms with Crippen LogP contribution in [0.1, 0.15) is 79.5 Å². The van der Waals surface area contributed by atoms with Crippen LogP contribution in [0.2, 0.25) is 0 Å². The molecule has 1 aliphatic carbocycles. The molecule has 1 amide bonds. The topological polar surface area (TPSA) is 151 Å². The number of aromatic nitrogens is 4. The van der Waals surface area contributed by atoms with Crippen LogP contribution in [0.4, 0.5) is 5.82 Å². The van der Waals surface area contributed by atoms with E-state index in [0.717, 1.165) is 49.8 Å². The molecule has 0 spiro atoms. The molecule has 5 rings (SSSR count). The lowest BCUT2D eigenvalue weighted by Gasteiger charge is -2.44. The summed E-state index contributed by atoms with van der Waals surface area (Å²) in [6.07, 6.45) is 5.93. The van der Waals surface area contributed by atoms with E-state index in [9.17, 15) is 10.1 Å². The van der Waals surface area contributed by atoms with Crippen molar-refractivity contribution in [3.05, 3.63) is 47.0 Å². The number of likely N-dealkylation sites (tertiary alicyclic amines) is 1. The molecule has 5 atom stereocenters. The summed E-state index contributed by atoms with van der Waals surface area (Å²) in [4.78, 5) is 33.4. The van der Waals surface area contributed by atoms with E-state index < -0.39 is 5.41 Å². The lowest BCUT2D eigenvalue weighted by molar-refractivity contribution is -0.130. The number of ether oxygens (including phenoxy) is 1. The third-order valence-electron chi connectivity index (χ3n) is 9.86. The summed E-state index contributed by atoms with van der Waals surface area (Å²) < 4.78 is 12.4. The largest absolute Gasteiger partial charge is 0.459 e. The number of piperazine rings is 1. The van der Waals surface area contributed by atoms with Crippen molar-refractivity contribution >= 4 is 11.7 Å². The van der Waals surface area contributed by atoms with E-state index in [4.69, 9.17) is 29.9 Å². The van der Waals surface area contributed by atoms with Crippen LogP contribution in [0, 0.1) is 11.3 Å². The van der Waals surface area contributed by atoms with Gasteiger partial charge in [-0.05, 0) is 98.9 Å². The average Bonchev–Trinajstić information content (AvgIpc) is 3.68. The molecule has 0 saturated carbocycles. The minimum absolute atomic E-state index is 0.0621. The molecular formula is C34H47N9O3. The standard InChI is InChI=1S/C34H47N9O3/c1-9-29(44)43-21(3)18-42(19-22(43)4)28-16-26(37-33(38-28)45-24(6)27-13-11-15-41(27)8)31-39-32(46-40-31)34(7)14-10-12-20(2)30(34)25(17-35)23(5)36/h9,16,21-22,24,27H,1,10-15,18-19,36H2,2-8H3/b25-23+/t21-,22-,24+,27+,34+/m1/s1. The monoisotopic (exact) mass is 629 g/mol. The second-order valence-electron chi connectivity index (χ2n) is 13.4. The fourth-order valence-electron chi connectivity index (χ4n) is 7.59. The number of carbonyl (C=O) groups excluding carboxylic acids is 1. The fourth-order valence-corrected chi connectivity index (χ4v) is 7.59. The van der Waals surface area contributed by atoms with Crippen molar-refractivity contribution in [2.75, 3.05) is 31.6 Å². The van der Waals surface area contributed by atoms with Gasteiger partial charge in [0, 0.05) is 43.0 Å². The van der Waals surface area contributed by atoms with Gasteiger partial charge in [0.25, 0.3) is 0 Å². The van der Waals surface area contributed by atoms with E-state index in [-0.39, 0.29) is 36.1 Å². The van der Waals surface area contributed by atoms with E-state index in [0.29, 0.717) is 47.6 Å². The number of likely N-dealkylation sites (N-methyl/N-ethyl adjacent to an activating group) is 1. The van der Waals surface area contributed by atoms with Crippen molar-refractivity contribution in [3.8, 4) is 23.6 Å². The number of nitrogens with zero attached hydrogens (tertiary/aromatic N) is 8. The Kier molecular flexibility index (Phi) is 9.54. The molecule has 0 unspecified atom stereocenters. The quantitative estimate of drug-likeness (QED) is 0.324. The van der Waals surface area contributed by atoms with E-state index in [1.165, 1.54) is 6.08 Å². The maximum atomic E-state index is 12.6. The Morgan fingerprint density at radius 3 is 2.59 bits per heavy atom. The molecule has 2 N–H and O–H groups in total. The first-order chi connectivity index (χ1) is 21.9. The first-order valence-electron chi connectivity index (χ1n) is 16.2. The van der Waals surface area contributed by atoms with Gasteiger partial charge in [-0.1, -0.05) is 17.3 Å². The molecule has 2 aromatic heterocycles. The van der Waals surface area contributed by atoms with Crippen LogP contribution >= 0.6 is 0 Å². The van der Waals surface area contributed by atoms with Crippen molar-refractivity contribution in [3.63, 3.8) is 0 Å². The second kappa shape index (κ2) is 13.2.